The van der Waals surface area contributed by atoms with Crippen molar-refractivity contribution in [1.82, 2.24) is 15.2 Å². The van der Waals surface area contributed by atoms with Crippen LogP contribution in [0, 0.1) is 0 Å². The fourth-order valence-electron chi connectivity index (χ4n) is 2.11. The lowest BCUT2D eigenvalue weighted by molar-refractivity contribution is 0.200. The average Bonchev–Trinajstić information content (AvgIpc) is 2.86. The van der Waals surface area contributed by atoms with Crippen molar-refractivity contribution < 1.29 is 8.42 Å². The third-order valence-electron chi connectivity index (χ3n) is 3.23. The van der Waals surface area contributed by atoms with Gasteiger partial charge in [0.15, 0.2) is 0 Å². The lowest BCUT2D eigenvalue weighted by Crippen LogP contribution is -2.44. The molecule has 0 radical (unpaired) electrons. The van der Waals surface area contributed by atoms with Crippen molar-refractivity contribution in [1.29, 1.82) is 0 Å². The first-order chi connectivity index (χ1) is 9.47. The van der Waals surface area contributed by atoms with Crippen LogP contribution in [-0.4, -0.2) is 32.6 Å². The number of hydrogen-bond acceptors (Lipinski definition) is 5. The summed E-state index contributed by atoms with van der Waals surface area (Å²) in [6.45, 7) is 6.45. The number of rotatable bonds is 6. The van der Waals surface area contributed by atoms with Crippen LogP contribution in [0.25, 0.3) is 0 Å². The van der Waals surface area contributed by atoms with Crippen molar-refractivity contribution in [2.24, 2.45) is 0 Å². The first-order valence-corrected chi connectivity index (χ1v) is 9.42. The Balaban J connectivity index is 1.98. The molecule has 2 rings (SSSR count). The molecular formula is C13H23N3O2S2. The lowest BCUT2D eigenvalue weighted by Gasteiger charge is -2.26. The van der Waals surface area contributed by atoms with Crippen molar-refractivity contribution in [2.45, 2.75) is 50.6 Å². The first kappa shape index (κ1) is 15.9. The average molecular weight is 317 g/mol. The molecule has 1 aliphatic rings. The summed E-state index contributed by atoms with van der Waals surface area (Å²) in [5.41, 5.74) is 0. The molecule has 1 aliphatic heterocycles. The Kier molecular flexibility index (Phi) is 5.57. The molecule has 0 aromatic carbocycles. The van der Waals surface area contributed by atoms with E-state index < -0.39 is 10.0 Å². The van der Waals surface area contributed by atoms with Gasteiger partial charge >= 0.3 is 0 Å². The van der Waals surface area contributed by atoms with E-state index in [0.717, 1.165) is 30.8 Å². The fraction of sp³-hybridized carbons (Fsp3) is 0.692. The highest BCUT2D eigenvalue weighted by Gasteiger charge is 2.21. The minimum absolute atomic E-state index is 0.369. The van der Waals surface area contributed by atoms with E-state index in [2.05, 4.69) is 24.0 Å². The summed E-state index contributed by atoms with van der Waals surface area (Å²) in [6.07, 6.45) is 3.28. The van der Waals surface area contributed by atoms with Gasteiger partial charge in [-0.15, -0.1) is 16.2 Å². The Bertz CT molecular complexity index is 519. The number of piperidine rings is 1. The number of sulfonamides is 1. The van der Waals surface area contributed by atoms with Gasteiger partial charge in [0.2, 0.25) is 0 Å². The summed E-state index contributed by atoms with van der Waals surface area (Å²) in [7, 11) is -3.42. The molecule has 20 heavy (non-hydrogen) atoms. The third kappa shape index (κ3) is 4.53. The van der Waals surface area contributed by atoms with Crippen LogP contribution in [0.5, 0.6) is 0 Å². The molecule has 0 spiro atoms. The van der Waals surface area contributed by atoms with Gasteiger partial charge in [-0.2, -0.15) is 0 Å². The third-order valence-corrected chi connectivity index (χ3v) is 5.67. The van der Waals surface area contributed by atoms with Gasteiger partial charge in [0.25, 0.3) is 10.0 Å². The van der Waals surface area contributed by atoms with Crippen LogP contribution in [0.2, 0.25) is 0 Å². The van der Waals surface area contributed by atoms with Gasteiger partial charge in [-0.1, -0.05) is 20.3 Å². The zero-order valence-electron chi connectivity index (χ0n) is 12.1. The Morgan fingerprint density at radius 3 is 2.65 bits per heavy atom. The Hall–Kier alpha value is -0.470. The van der Waals surface area contributed by atoms with Crippen LogP contribution >= 0.6 is 11.3 Å². The van der Waals surface area contributed by atoms with Gasteiger partial charge in [-0.3, -0.25) is 0 Å². The number of thiophene rings is 1. The van der Waals surface area contributed by atoms with Crippen LogP contribution in [0.1, 0.15) is 38.0 Å². The van der Waals surface area contributed by atoms with E-state index in [1.165, 1.54) is 17.8 Å². The molecule has 0 unspecified atom stereocenters. The predicted octanol–water partition coefficient (Wildman–Crippen LogP) is 1.93. The molecule has 5 nitrogen and oxygen atoms in total. The number of hydrogen-bond donors (Lipinski definition) is 2. The smallest absolute Gasteiger partial charge is 0.254 e. The molecule has 1 saturated heterocycles. The minimum Gasteiger partial charge on any atom is -0.310 e. The van der Waals surface area contributed by atoms with Gasteiger partial charge in [0.05, 0.1) is 4.90 Å². The van der Waals surface area contributed by atoms with E-state index in [4.69, 9.17) is 0 Å². The van der Waals surface area contributed by atoms with Gasteiger partial charge in [-0.05, 0) is 18.9 Å². The number of nitrogens with zero attached hydrogens (tertiary/aromatic N) is 1. The molecule has 1 aromatic heterocycles. The van der Waals surface area contributed by atoms with Crippen molar-refractivity contribution in [3.63, 3.8) is 0 Å². The molecule has 0 aliphatic carbocycles. The van der Waals surface area contributed by atoms with Crippen LogP contribution in [-0.2, 0) is 16.6 Å². The van der Waals surface area contributed by atoms with E-state index in [1.54, 1.807) is 11.4 Å². The Morgan fingerprint density at radius 2 is 2.00 bits per heavy atom. The van der Waals surface area contributed by atoms with Crippen molar-refractivity contribution in [3.05, 3.63) is 16.3 Å². The summed E-state index contributed by atoms with van der Waals surface area (Å²) in [6, 6.07) is 2.15. The zero-order chi connectivity index (χ0) is 14.6. The second kappa shape index (κ2) is 7.00. The van der Waals surface area contributed by atoms with Crippen LogP contribution in [0.3, 0.4) is 0 Å². The van der Waals surface area contributed by atoms with Crippen molar-refractivity contribution in [3.8, 4) is 0 Å². The standard InChI is InChI=1S/C13H23N3O2S2/c1-11(2)14-9-12-8-13(10-19-12)20(17,18)15-16-6-4-3-5-7-16/h8,10-11,14-15H,3-7,9H2,1-2H3. The molecule has 0 saturated carbocycles. The molecule has 1 fully saturated rings. The second-order valence-electron chi connectivity index (χ2n) is 5.43. The summed E-state index contributed by atoms with van der Waals surface area (Å²) < 4.78 is 24.6. The highest BCUT2D eigenvalue weighted by molar-refractivity contribution is 7.89. The number of hydrazine groups is 1. The van der Waals surface area contributed by atoms with Crippen molar-refractivity contribution in [2.75, 3.05) is 13.1 Å². The first-order valence-electron chi connectivity index (χ1n) is 7.05. The molecule has 0 amide bonds. The van der Waals surface area contributed by atoms with Crippen LogP contribution in [0.4, 0.5) is 0 Å². The monoisotopic (exact) mass is 317 g/mol. The highest BCUT2D eigenvalue weighted by Crippen LogP contribution is 2.20. The highest BCUT2D eigenvalue weighted by atomic mass is 32.2. The van der Waals surface area contributed by atoms with Gasteiger partial charge in [-0.25, -0.2) is 13.4 Å². The van der Waals surface area contributed by atoms with E-state index in [1.807, 2.05) is 5.01 Å². The van der Waals surface area contributed by atoms with E-state index in [0.29, 0.717) is 17.5 Å². The van der Waals surface area contributed by atoms with E-state index >= 15 is 0 Å². The summed E-state index contributed by atoms with van der Waals surface area (Å²) in [5, 5.41) is 6.81. The van der Waals surface area contributed by atoms with E-state index in [-0.39, 0.29) is 0 Å². The quantitative estimate of drug-likeness (QED) is 0.841. The van der Waals surface area contributed by atoms with Crippen LogP contribution in [0.15, 0.2) is 16.3 Å². The maximum absolute atomic E-state index is 12.3. The molecule has 0 bridgehead atoms. The minimum atomic E-state index is -3.42. The largest absolute Gasteiger partial charge is 0.310 e. The summed E-state index contributed by atoms with van der Waals surface area (Å²) in [4.78, 5) is 4.09. The molecule has 2 heterocycles. The lowest BCUT2D eigenvalue weighted by atomic mass is 10.2. The molecule has 2 N–H and O–H groups in total. The summed E-state index contributed by atoms with van der Waals surface area (Å²) >= 11 is 1.48. The van der Waals surface area contributed by atoms with Gasteiger partial charge in [0, 0.05) is 35.9 Å². The van der Waals surface area contributed by atoms with Gasteiger partial charge < -0.3 is 5.32 Å². The molecule has 1 aromatic rings. The maximum atomic E-state index is 12.3. The Morgan fingerprint density at radius 1 is 1.30 bits per heavy atom. The topological polar surface area (TPSA) is 61.4 Å². The second-order valence-corrected chi connectivity index (χ2v) is 8.08. The summed E-state index contributed by atoms with van der Waals surface area (Å²) in [5.74, 6) is 0. The van der Waals surface area contributed by atoms with Crippen molar-refractivity contribution >= 4 is 21.4 Å². The SMILES string of the molecule is CC(C)NCc1cc(S(=O)(=O)NN2CCCCC2)cs1. The molecule has 0 atom stereocenters. The van der Waals surface area contributed by atoms with Crippen LogP contribution < -0.4 is 10.1 Å². The normalized spacial score (nSPS) is 17.8. The number of nitrogens with one attached hydrogen (secondary N) is 2. The molecule has 7 heteroatoms. The Labute approximate surface area is 125 Å². The predicted molar refractivity (Wildman–Crippen MR) is 82.0 cm³/mol. The van der Waals surface area contributed by atoms with Gasteiger partial charge in [0.1, 0.15) is 0 Å². The fourth-order valence-corrected chi connectivity index (χ4v) is 4.45. The molecule has 114 valence electrons. The van der Waals surface area contributed by atoms with E-state index in [9.17, 15) is 8.42 Å². The molecular weight excluding hydrogens is 294 g/mol. The zero-order valence-corrected chi connectivity index (χ0v) is 13.7. The maximum Gasteiger partial charge on any atom is 0.254 e.